The lowest BCUT2D eigenvalue weighted by Gasteiger charge is -2.50. The number of phenols is 1. The number of hydrogen-bond donors (Lipinski definition) is 3. The molecular weight excluding hydrogens is 376 g/mol. The van der Waals surface area contributed by atoms with Crippen LogP contribution in [0.3, 0.4) is 0 Å². The molecule has 4 heteroatoms. The average Bonchev–Trinajstić information content (AvgIpc) is 3.14. The van der Waals surface area contributed by atoms with Gasteiger partial charge in [-0.05, 0) is 91.4 Å². The maximum atomic E-state index is 9.78. The van der Waals surface area contributed by atoms with Gasteiger partial charge in [0.05, 0.1) is 6.10 Å². The Hall–Kier alpha value is -1.10. The van der Waals surface area contributed by atoms with Crippen molar-refractivity contribution in [2.75, 3.05) is 20.3 Å². The second-order valence-electron chi connectivity index (χ2n) is 8.36. The van der Waals surface area contributed by atoms with Crippen molar-refractivity contribution in [1.82, 2.24) is 0 Å². The van der Waals surface area contributed by atoms with Crippen LogP contribution in [0, 0.1) is 17.3 Å². The van der Waals surface area contributed by atoms with Gasteiger partial charge in [-0.3, -0.25) is 0 Å². The summed E-state index contributed by atoms with van der Waals surface area (Å²) in [7, 11) is 1.00. The predicted octanol–water partition coefficient (Wildman–Crippen LogP) is 5.68. The van der Waals surface area contributed by atoms with Crippen molar-refractivity contribution < 1.29 is 20.1 Å². The Kier molecular flexibility index (Phi) is 12.0. The van der Waals surface area contributed by atoms with E-state index in [9.17, 15) is 5.11 Å². The van der Waals surface area contributed by atoms with Crippen molar-refractivity contribution in [3.8, 4) is 5.75 Å². The summed E-state index contributed by atoms with van der Waals surface area (Å²) in [6, 6.07) is 6.02. The molecule has 1 aromatic carbocycles. The molecule has 2 saturated carbocycles. The van der Waals surface area contributed by atoms with E-state index in [1.54, 1.807) is 0 Å². The molecule has 0 radical (unpaired) electrons. The zero-order valence-electron chi connectivity index (χ0n) is 20.2. The minimum absolute atomic E-state index is 0.223. The van der Waals surface area contributed by atoms with E-state index in [0.29, 0.717) is 29.8 Å². The van der Waals surface area contributed by atoms with Crippen LogP contribution in [0.4, 0.5) is 0 Å². The van der Waals surface area contributed by atoms with Crippen LogP contribution in [0.25, 0.3) is 0 Å². The van der Waals surface area contributed by atoms with E-state index in [1.165, 1.54) is 43.2 Å². The molecule has 0 amide bonds. The number of aromatic hydroxyl groups is 1. The average molecular weight is 423 g/mol. The highest BCUT2D eigenvalue weighted by molar-refractivity contribution is 5.40. The summed E-state index contributed by atoms with van der Waals surface area (Å²) in [6.07, 6.45) is 8.43. The molecular formula is C26H46O4. The molecule has 3 aliphatic carbocycles. The fourth-order valence-corrected chi connectivity index (χ4v) is 6.08. The van der Waals surface area contributed by atoms with E-state index >= 15 is 0 Å². The Balaban J connectivity index is 0.000000691. The molecule has 0 aliphatic heterocycles. The van der Waals surface area contributed by atoms with Gasteiger partial charge in [0.25, 0.3) is 0 Å². The summed E-state index contributed by atoms with van der Waals surface area (Å²) in [5, 5.41) is 25.8. The molecule has 4 nitrogen and oxygen atoms in total. The van der Waals surface area contributed by atoms with Crippen LogP contribution in [0.1, 0.15) is 90.2 Å². The van der Waals surface area contributed by atoms with Crippen molar-refractivity contribution in [1.29, 1.82) is 0 Å². The number of aliphatic hydroxyl groups excluding tert-OH is 2. The van der Waals surface area contributed by atoms with Crippen LogP contribution in [-0.2, 0) is 11.2 Å². The first-order valence-electron chi connectivity index (χ1n) is 12.1. The van der Waals surface area contributed by atoms with Crippen LogP contribution in [0.2, 0.25) is 0 Å². The Morgan fingerprint density at radius 1 is 1.03 bits per heavy atom. The van der Waals surface area contributed by atoms with Gasteiger partial charge in [-0.1, -0.05) is 40.7 Å². The van der Waals surface area contributed by atoms with E-state index in [-0.39, 0.29) is 6.61 Å². The molecule has 0 saturated heterocycles. The summed E-state index contributed by atoms with van der Waals surface area (Å²) in [5.41, 5.74) is 3.18. The van der Waals surface area contributed by atoms with Gasteiger partial charge in [0.15, 0.2) is 0 Å². The summed E-state index contributed by atoms with van der Waals surface area (Å²) in [6.45, 7) is 11.4. The van der Waals surface area contributed by atoms with Crippen molar-refractivity contribution in [2.45, 2.75) is 91.6 Å². The van der Waals surface area contributed by atoms with Gasteiger partial charge in [-0.15, -0.1) is 0 Å². The Morgan fingerprint density at radius 2 is 1.73 bits per heavy atom. The van der Waals surface area contributed by atoms with Gasteiger partial charge in [-0.25, -0.2) is 0 Å². The van der Waals surface area contributed by atoms with E-state index in [2.05, 4.69) is 13.0 Å². The second kappa shape index (κ2) is 13.3. The molecule has 2 fully saturated rings. The summed E-state index contributed by atoms with van der Waals surface area (Å²) < 4.78 is 6.19. The van der Waals surface area contributed by atoms with Crippen molar-refractivity contribution in [3.63, 3.8) is 0 Å². The van der Waals surface area contributed by atoms with Gasteiger partial charge in [0, 0.05) is 20.3 Å². The standard InChI is InChI=1S/C21H30O3.2C2H6.CH4O/c1-21-10-9-17-16-6-4-15(23)13-14(16)3-5-18(17)19(21)7-8-20(21)24-12-2-11-22;3*1-2/h4,6,13,17-20,22-23H,2-3,5,7-12H2,1H3;2*1-2H3;2H,1H3. The molecule has 3 N–H and O–H groups in total. The zero-order chi connectivity index (χ0) is 22.7. The maximum absolute atomic E-state index is 9.78. The third-order valence-corrected chi connectivity index (χ3v) is 7.24. The molecule has 30 heavy (non-hydrogen) atoms. The van der Waals surface area contributed by atoms with Crippen molar-refractivity contribution in [3.05, 3.63) is 29.3 Å². The molecule has 0 heterocycles. The number of aryl methyl sites for hydroxylation is 1. The van der Waals surface area contributed by atoms with Crippen LogP contribution in [0.15, 0.2) is 18.2 Å². The lowest BCUT2D eigenvalue weighted by molar-refractivity contribution is -0.0661. The molecule has 0 aromatic heterocycles. The summed E-state index contributed by atoms with van der Waals surface area (Å²) in [4.78, 5) is 0. The van der Waals surface area contributed by atoms with Crippen LogP contribution in [-0.4, -0.2) is 41.7 Å². The molecule has 3 aliphatic rings. The van der Waals surface area contributed by atoms with E-state index in [0.717, 1.165) is 31.8 Å². The van der Waals surface area contributed by atoms with Crippen molar-refractivity contribution in [2.24, 2.45) is 17.3 Å². The molecule has 0 spiro atoms. The zero-order valence-corrected chi connectivity index (χ0v) is 20.2. The topological polar surface area (TPSA) is 69.9 Å². The molecule has 5 unspecified atom stereocenters. The highest BCUT2D eigenvalue weighted by atomic mass is 16.5. The maximum Gasteiger partial charge on any atom is 0.115 e. The van der Waals surface area contributed by atoms with Gasteiger partial charge in [-0.2, -0.15) is 0 Å². The Labute approximate surface area is 184 Å². The van der Waals surface area contributed by atoms with E-state index < -0.39 is 0 Å². The van der Waals surface area contributed by atoms with Gasteiger partial charge >= 0.3 is 0 Å². The minimum Gasteiger partial charge on any atom is -0.508 e. The van der Waals surface area contributed by atoms with Crippen molar-refractivity contribution >= 4 is 0 Å². The number of rotatable bonds is 4. The first-order valence-corrected chi connectivity index (χ1v) is 12.1. The molecule has 174 valence electrons. The molecule has 1 aromatic rings. The Morgan fingerprint density at radius 3 is 2.40 bits per heavy atom. The third-order valence-electron chi connectivity index (χ3n) is 7.24. The number of phenolic OH excluding ortho intramolecular Hbond substituents is 1. The highest BCUT2D eigenvalue weighted by Crippen LogP contribution is 2.61. The van der Waals surface area contributed by atoms with Crippen LogP contribution < -0.4 is 0 Å². The van der Waals surface area contributed by atoms with Crippen LogP contribution in [0.5, 0.6) is 5.75 Å². The first kappa shape index (κ1) is 26.9. The largest absolute Gasteiger partial charge is 0.508 e. The van der Waals surface area contributed by atoms with Gasteiger partial charge in [0.1, 0.15) is 5.75 Å². The SMILES string of the molecule is CC.CC.CC12CCC3c4ccc(O)cc4CCC3C1CCC2OCCCO.CO. The number of hydrogen-bond acceptors (Lipinski definition) is 4. The van der Waals surface area contributed by atoms with E-state index in [4.69, 9.17) is 14.9 Å². The fraction of sp³-hybridized carbons (Fsp3) is 0.769. The monoisotopic (exact) mass is 422 g/mol. The highest BCUT2D eigenvalue weighted by Gasteiger charge is 2.55. The number of ether oxygens (including phenoxy) is 1. The Bertz CT molecular complexity index is 603. The first-order chi connectivity index (χ1) is 14.6. The predicted molar refractivity (Wildman–Crippen MR) is 125 cm³/mol. The van der Waals surface area contributed by atoms with Gasteiger partial charge < -0.3 is 20.1 Å². The molecule has 4 rings (SSSR count). The lowest BCUT2D eigenvalue weighted by Crippen LogP contribution is -2.44. The number of aliphatic hydroxyl groups is 2. The lowest BCUT2D eigenvalue weighted by atomic mass is 9.55. The third kappa shape index (κ3) is 5.57. The summed E-state index contributed by atoms with van der Waals surface area (Å²) in [5.74, 6) is 2.61. The van der Waals surface area contributed by atoms with E-state index in [1.807, 2.05) is 39.8 Å². The normalized spacial score (nSPS) is 30.7. The molecule has 5 atom stereocenters. The number of benzene rings is 1. The smallest absolute Gasteiger partial charge is 0.115 e. The minimum atomic E-state index is 0.223. The van der Waals surface area contributed by atoms with Crippen LogP contribution >= 0.6 is 0 Å². The fourth-order valence-electron chi connectivity index (χ4n) is 6.08. The molecule has 0 bridgehead atoms. The quantitative estimate of drug-likeness (QED) is 0.546. The summed E-state index contributed by atoms with van der Waals surface area (Å²) >= 11 is 0. The second-order valence-corrected chi connectivity index (χ2v) is 8.36. The van der Waals surface area contributed by atoms with Gasteiger partial charge in [0.2, 0.25) is 0 Å². The number of fused-ring (bicyclic) bond motifs is 5.